The van der Waals surface area contributed by atoms with Gasteiger partial charge in [-0.05, 0) is 37.8 Å². The lowest BCUT2D eigenvalue weighted by Gasteiger charge is -2.23. The van der Waals surface area contributed by atoms with Crippen LogP contribution in [0.25, 0.3) is 0 Å². The molecule has 6 heteroatoms. The van der Waals surface area contributed by atoms with Gasteiger partial charge in [-0.3, -0.25) is 9.69 Å². The first-order valence-corrected chi connectivity index (χ1v) is 7.31. The summed E-state index contributed by atoms with van der Waals surface area (Å²) in [5.41, 5.74) is 0. The predicted octanol–water partition coefficient (Wildman–Crippen LogP) is 1.53. The summed E-state index contributed by atoms with van der Waals surface area (Å²) < 4.78 is 5.38. The van der Waals surface area contributed by atoms with Crippen LogP contribution in [0.3, 0.4) is 0 Å². The summed E-state index contributed by atoms with van der Waals surface area (Å²) >= 11 is 5.78. The summed E-state index contributed by atoms with van der Waals surface area (Å²) in [7, 11) is 4.05. The van der Waals surface area contributed by atoms with Crippen LogP contribution in [-0.4, -0.2) is 67.4 Å². The number of carbonyl (C=O) groups excluding carboxylic acids is 1. The van der Waals surface area contributed by atoms with Crippen molar-refractivity contribution in [1.82, 2.24) is 14.7 Å². The number of halogens is 1. The average molecular weight is 300 g/mol. The average Bonchev–Trinajstić information content (AvgIpc) is 2.71. The third kappa shape index (κ3) is 4.51. The molecule has 1 aromatic rings. The second-order valence-corrected chi connectivity index (χ2v) is 5.79. The maximum absolute atomic E-state index is 12.1. The third-order valence-electron chi connectivity index (χ3n) is 3.51. The van der Waals surface area contributed by atoms with E-state index in [-0.39, 0.29) is 5.91 Å². The van der Waals surface area contributed by atoms with Gasteiger partial charge in [0.05, 0.1) is 6.54 Å². The highest BCUT2D eigenvalue weighted by atomic mass is 35.5. The SMILES string of the molecule is CN(C)CCN1CCN(Cc2ccc(Cl)o2)CCC1=O. The van der Waals surface area contributed by atoms with Gasteiger partial charge in [0, 0.05) is 39.1 Å². The molecule has 2 heterocycles. The van der Waals surface area contributed by atoms with Crippen molar-refractivity contribution >= 4 is 17.5 Å². The topological polar surface area (TPSA) is 39.9 Å². The lowest BCUT2D eigenvalue weighted by Crippen LogP contribution is -2.37. The molecule has 1 aliphatic rings. The van der Waals surface area contributed by atoms with E-state index in [4.69, 9.17) is 16.0 Å². The molecule has 0 aliphatic carbocycles. The van der Waals surface area contributed by atoms with Gasteiger partial charge in [-0.2, -0.15) is 0 Å². The molecule has 0 spiro atoms. The molecule has 1 aromatic heterocycles. The van der Waals surface area contributed by atoms with Crippen molar-refractivity contribution in [3.05, 3.63) is 23.1 Å². The molecule has 112 valence electrons. The molecule has 0 unspecified atom stereocenters. The van der Waals surface area contributed by atoms with Crippen LogP contribution < -0.4 is 0 Å². The Morgan fingerprint density at radius 3 is 2.75 bits per heavy atom. The van der Waals surface area contributed by atoms with Crippen molar-refractivity contribution in [2.75, 3.05) is 46.8 Å². The van der Waals surface area contributed by atoms with E-state index in [1.165, 1.54) is 0 Å². The minimum Gasteiger partial charge on any atom is -0.448 e. The number of likely N-dealkylation sites (N-methyl/N-ethyl adjacent to an activating group) is 1. The molecule has 0 aromatic carbocycles. The molecule has 2 rings (SSSR count). The second kappa shape index (κ2) is 7.11. The maximum atomic E-state index is 12.1. The molecule has 5 nitrogen and oxygen atoms in total. The maximum Gasteiger partial charge on any atom is 0.223 e. The van der Waals surface area contributed by atoms with Crippen molar-refractivity contribution in [1.29, 1.82) is 0 Å². The monoisotopic (exact) mass is 299 g/mol. The van der Waals surface area contributed by atoms with Crippen molar-refractivity contribution in [3.63, 3.8) is 0 Å². The van der Waals surface area contributed by atoms with Crippen LogP contribution in [0.15, 0.2) is 16.5 Å². The molecule has 0 N–H and O–H groups in total. The van der Waals surface area contributed by atoms with Crippen LogP contribution in [0.4, 0.5) is 0 Å². The zero-order chi connectivity index (χ0) is 14.5. The van der Waals surface area contributed by atoms with Gasteiger partial charge in [0.25, 0.3) is 0 Å². The summed E-state index contributed by atoms with van der Waals surface area (Å²) in [5, 5.41) is 0.415. The number of amides is 1. The predicted molar refractivity (Wildman–Crippen MR) is 78.7 cm³/mol. The Balaban J connectivity index is 1.85. The number of hydrogen-bond acceptors (Lipinski definition) is 4. The first-order chi connectivity index (χ1) is 9.54. The fraction of sp³-hybridized carbons (Fsp3) is 0.643. The van der Waals surface area contributed by atoms with Gasteiger partial charge in [0.15, 0.2) is 5.22 Å². The van der Waals surface area contributed by atoms with Gasteiger partial charge in [0.1, 0.15) is 5.76 Å². The van der Waals surface area contributed by atoms with E-state index in [0.717, 1.165) is 38.5 Å². The molecule has 1 saturated heterocycles. The lowest BCUT2D eigenvalue weighted by atomic mass is 10.3. The second-order valence-electron chi connectivity index (χ2n) is 5.42. The van der Waals surface area contributed by atoms with Gasteiger partial charge >= 0.3 is 0 Å². The highest BCUT2D eigenvalue weighted by Crippen LogP contribution is 2.16. The summed E-state index contributed by atoms with van der Waals surface area (Å²) in [6.45, 7) is 4.83. The number of hydrogen-bond donors (Lipinski definition) is 0. The zero-order valence-electron chi connectivity index (χ0n) is 12.1. The lowest BCUT2D eigenvalue weighted by molar-refractivity contribution is -0.130. The van der Waals surface area contributed by atoms with Gasteiger partial charge in [-0.1, -0.05) is 0 Å². The van der Waals surface area contributed by atoms with Crippen LogP contribution in [0.5, 0.6) is 0 Å². The molecule has 0 saturated carbocycles. The van der Waals surface area contributed by atoms with Crippen molar-refractivity contribution in [2.24, 2.45) is 0 Å². The number of carbonyl (C=O) groups is 1. The molecule has 20 heavy (non-hydrogen) atoms. The highest BCUT2D eigenvalue weighted by molar-refractivity contribution is 6.28. The molecule has 0 atom stereocenters. The molecule has 1 amide bonds. The van der Waals surface area contributed by atoms with E-state index in [9.17, 15) is 4.79 Å². The first kappa shape index (κ1) is 15.4. The van der Waals surface area contributed by atoms with E-state index in [1.54, 1.807) is 6.07 Å². The molecule has 0 bridgehead atoms. The first-order valence-electron chi connectivity index (χ1n) is 6.93. The van der Waals surface area contributed by atoms with E-state index in [1.807, 2.05) is 25.1 Å². The Kier molecular flexibility index (Phi) is 5.46. The van der Waals surface area contributed by atoms with Crippen LogP contribution in [0.1, 0.15) is 12.2 Å². The van der Waals surface area contributed by atoms with Crippen molar-refractivity contribution < 1.29 is 9.21 Å². The molecular formula is C14H22ClN3O2. The Bertz CT molecular complexity index is 447. The van der Waals surface area contributed by atoms with Crippen LogP contribution in [0, 0.1) is 0 Å². The Morgan fingerprint density at radius 1 is 1.30 bits per heavy atom. The summed E-state index contributed by atoms with van der Waals surface area (Å²) in [5.74, 6) is 1.09. The van der Waals surface area contributed by atoms with Crippen LogP contribution in [-0.2, 0) is 11.3 Å². The quantitative estimate of drug-likeness (QED) is 0.827. The van der Waals surface area contributed by atoms with E-state index >= 15 is 0 Å². The van der Waals surface area contributed by atoms with E-state index in [2.05, 4.69) is 9.80 Å². The summed E-state index contributed by atoms with van der Waals surface area (Å²) in [6.07, 6.45) is 0.571. The number of furan rings is 1. The molecule has 0 radical (unpaired) electrons. The molecule has 1 aliphatic heterocycles. The van der Waals surface area contributed by atoms with Crippen molar-refractivity contribution in [3.8, 4) is 0 Å². The Labute approximate surface area is 125 Å². The number of rotatable bonds is 5. The largest absolute Gasteiger partial charge is 0.448 e. The normalized spacial score (nSPS) is 17.8. The number of nitrogens with zero attached hydrogens (tertiary/aromatic N) is 3. The fourth-order valence-corrected chi connectivity index (χ4v) is 2.45. The minimum atomic E-state index is 0.242. The third-order valence-corrected chi connectivity index (χ3v) is 3.71. The summed E-state index contributed by atoms with van der Waals surface area (Å²) in [6, 6.07) is 3.64. The van der Waals surface area contributed by atoms with Gasteiger partial charge in [-0.25, -0.2) is 0 Å². The van der Waals surface area contributed by atoms with Gasteiger partial charge < -0.3 is 14.2 Å². The summed E-state index contributed by atoms with van der Waals surface area (Å²) in [4.78, 5) is 18.4. The van der Waals surface area contributed by atoms with Gasteiger partial charge in [-0.15, -0.1) is 0 Å². The zero-order valence-corrected chi connectivity index (χ0v) is 12.9. The van der Waals surface area contributed by atoms with E-state index in [0.29, 0.717) is 18.2 Å². The molecular weight excluding hydrogens is 278 g/mol. The minimum absolute atomic E-state index is 0.242. The van der Waals surface area contributed by atoms with Crippen molar-refractivity contribution in [2.45, 2.75) is 13.0 Å². The van der Waals surface area contributed by atoms with Crippen LogP contribution >= 0.6 is 11.6 Å². The smallest absolute Gasteiger partial charge is 0.223 e. The fourth-order valence-electron chi connectivity index (χ4n) is 2.28. The van der Waals surface area contributed by atoms with Crippen LogP contribution in [0.2, 0.25) is 5.22 Å². The van der Waals surface area contributed by atoms with Gasteiger partial charge in [0.2, 0.25) is 5.91 Å². The molecule has 1 fully saturated rings. The standard InChI is InChI=1S/C14H22ClN3O2/c1-16(2)7-9-18-10-8-17(6-5-14(18)19)11-12-3-4-13(15)20-12/h3-4H,5-11H2,1-2H3. The van der Waals surface area contributed by atoms with E-state index < -0.39 is 0 Å². The highest BCUT2D eigenvalue weighted by Gasteiger charge is 2.21. The Hall–Kier alpha value is -1.04. The Morgan fingerprint density at radius 2 is 2.10 bits per heavy atom.